The van der Waals surface area contributed by atoms with Crippen molar-refractivity contribution in [3.8, 4) is 0 Å². The van der Waals surface area contributed by atoms with E-state index in [1.54, 1.807) is 19.2 Å². The van der Waals surface area contributed by atoms with Gasteiger partial charge in [-0.2, -0.15) is 0 Å². The predicted molar refractivity (Wildman–Crippen MR) is 220 cm³/mol. The van der Waals surface area contributed by atoms with Crippen LogP contribution in [0.15, 0.2) is 48.6 Å². The van der Waals surface area contributed by atoms with Crippen molar-refractivity contribution >= 4 is 5.78 Å². The maximum atomic E-state index is 14.3. The molecule has 9 fully saturated rings. The fourth-order valence-corrected chi connectivity index (χ4v) is 11.7. The zero-order valence-electron chi connectivity index (χ0n) is 36.3. The minimum Gasteiger partial charge on any atom is -0.391 e. The molecule has 9 aliphatic heterocycles. The third kappa shape index (κ3) is 9.23. The van der Waals surface area contributed by atoms with Gasteiger partial charge in [-0.3, -0.25) is 4.79 Å². The van der Waals surface area contributed by atoms with E-state index >= 15 is 0 Å². The molecule has 1 aromatic rings. The number of hydrogen-bond donors (Lipinski definition) is 1. The molecular formula is C48H67FO12. The minimum absolute atomic E-state index is 0.0609. The molecule has 9 saturated heterocycles. The summed E-state index contributed by atoms with van der Waals surface area (Å²) in [4.78, 5) is 14.3. The number of fused-ring (bicyclic) bond motifs is 1. The Kier molecular flexibility index (Phi) is 13.3. The second-order valence-electron chi connectivity index (χ2n) is 19.3. The maximum Gasteiger partial charge on any atom is 0.172 e. The number of ether oxygens (including phenoxy) is 10. The van der Waals surface area contributed by atoms with Crippen LogP contribution in [0.25, 0.3) is 0 Å². The molecule has 1 N–H and O–H groups in total. The Morgan fingerprint density at radius 1 is 0.902 bits per heavy atom. The number of carbonyl (C=O) groups is 1. The van der Waals surface area contributed by atoms with Crippen LogP contribution in [0, 0.1) is 17.7 Å². The lowest BCUT2D eigenvalue weighted by Crippen LogP contribution is -2.61. The molecule has 13 heteroatoms. The highest BCUT2D eigenvalue weighted by Gasteiger charge is 2.68. The number of aliphatic hydroxyl groups is 1. The molecule has 338 valence electrons. The van der Waals surface area contributed by atoms with Crippen molar-refractivity contribution in [3.05, 3.63) is 60.0 Å². The third-order valence-corrected chi connectivity index (χ3v) is 15.1. The van der Waals surface area contributed by atoms with Gasteiger partial charge in [-0.15, -0.1) is 0 Å². The van der Waals surface area contributed by atoms with Gasteiger partial charge in [0.05, 0.1) is 80.4 Å². The lowest BCUT2D eigenvalue weighted by molar-refractivity contribution is -0.292. The molecule has 19 unspecified atom stereocenters. The van der Waals surface area contributed by atoms with Crippen molar-refractivity contribution in [3.63, 3.8) is 0 Å². The van der Waals surface area contributed by atoms with Crippen LogP contribution in [0.5, 0.6) is 0 Å². The van der Waals surface area contributed by atoms with Gasteiger partial charge in [-0.05, 0) is 80.2 Å². The van der Waals surface area contributed by atoms with Crippen molar-refractivity contribution in [2.24, 2.45) is 11.8 Å². The average molecular weight is 855 g/mol. The molecule has 0 spiro atoms. The molecule has 10 rings (SSSR count). The Bertz CT molecular complexity index is 1730. The number of methoxy groups -OCH3 is 1. The lowest BCUT2D eigenvalue weighted by Gasteiger charge is -2.47. The predicted octanol–water partition coefficient (Wildman–Crippen LogP) is 6.47. The number of halogens is 1. The summed E-state index contributed by atoms with van der Waals surface area (Å²) in [5.41, 5.74) is 2.98. The summed E-state index contributed by atoms with van der Waals surface area (Å²) in [6.07, 6.45) is 3.51. The van der Waals surface area contributed by atoms with Gasteiger partial charge < -0.3 is 52.5 Å². The number of ketones is 1. The summed E-state index contributed by atoms with van der Waals surface area (Å²) in [5.74, 6) is -1.01. The Balaban J connectivity index is 0.850. The first-order valence-corrected chi connectivity index (χ1v) is 23.1. The number of benzene rings is 1. The van der Waals surface area contributed by atoms with E-state index in [1.165, 1.54) is 12.1 Å². The van der Waals surface area contributed by atoms with Crippen LogP contribution in [0.4, 0.5) is 4.39 Å². The molecular weight excluding hydrogens is 788 g/mol. The van der Waals surface area contributed by atoms with Crippen LogP contribution in [0.1, 0.15) is 103 Å². The van der Waals surface area contributed by atoms with Crippen molar-refractivity contribution in [2.75, 3.05) is 13.7 Å². The Morgan fingerprint density at radius 3 is 2.43 bits per heavy atom. The molecule has 1 aromatic carbocycles. The Labute approximate surface area is 360 Å². The fraction of sp³-hybridized carbons (Fsp3) is 0.771. The third-order valence-electron chi connectivity index (χ3n) is 15.1. The molecule has 0 aliphatic carbocycles. The smallest absolute Gasteiger partial charge is 0.172 e. The van der Waals surface area contributed by atoms with E-state index in [4.69, 9.17) is 47.4 Å². The largest absolute Gasteiger partial charge is 0.391 e. The van der Waals surface area contributed by atoms with Crippen molar-refractivity contribution in [1.29, 1.82) is 0 Å². The van der Waals surface area contributed by atoms with Gasteiger partial charge in [-0.25, -0.2) is 4.39 Å². The molecule has 6 bridgehead atoms. The number of Topliss-reactive ketones (excluding diaryl/α,β-unsaturated/α-hetero) is 1. The zero-order chi connectivity index (χ0) is 42.6. The van der Waals surface area contributed by atoms with Crippen molar-refractivity contribution in [2.45, 2.75) is 208 Å². The Morgan fingerprint density at radius 2 is 1.67 bits per heavy atom. The van der Waals surface area contributed by atoms with Crippen LogP contribution in [-0.2, 0) is 58.8 Å². The first-order valence-electron chi connectivity index (χ1n) is 23.1. The van der Waals surface area contributed by atoms with E-state index in [0.29, 0.717) is 31.6 Å². The summed E-state index contributed by atoms with van der Waals surface area (Å²) < 4.78 is 78.6. The summed E-state index contributed by atoms with van der Waals surface area (Å²) in [6.45, 7) is 15.3. The van der Waals surface area contributed by atoms with Crippen molar-refractivity contribution < 1.29 is 61.7 Å². The maximum absolute atomic E-state index is 14.3. The standard InChI is InChI=1S/C48H67FO12/c1-7-33-16-25(2)27(4)38(55-33)21-39-36(42(52-6)40(57-39)20-32(51)24-53-23-29-8-10-30(49)11-9-29)19-31(50)18-34-12-13-37-43(56-34)47-46-45(58-37)44-41(59-46)22-48(60-44,61-47)15-14-35-17-26(3)28(5)54-35/h8-11,25,28,32-47,51H,3-4,7,12-24H2,1-2,5-6H3. The van der Waals surface area contributed by atoms with Gasteiger partial charge in [0.1, 0.15) is 42.1 Å². The summed E-state index contributed by atoms with van der Waals surface area (Å²) in [5, 5.41) is 11.1. The van der Waals surface area contributed by atoms with Gasteiger partial charge >= 0.3 is 0 Å². The molecule has 0 amide bonds. The fourth-order valence-electron chi connectivity index (χ4n) is 11.7. The van der Waals surface area contributed by atoms with E-state index in [2.05, 4.69) is 33.9 Å². The molecule has 19 atom stereocenters. The van der Waals surface area contributed by atoms with E-state index in [1.807, 2.05) is 0 Å². The summed E-state index contributed by atoms with van der Waals surface area (Å²) >= 11 is 0. The summed E-state index contributed by atoms with van der Waals surface area (Å²) in [7, 11) is 1.64. The number of carbonyl (C=O) groups excluding carboxylic acids is 1. The molecule has 61 heavy (non-hydrogen) atoms. The highest BCUT2D eigenvalue weighted by atomic mass is 19.1. The van der Waals surface area contributed by atoms with Gasteiger partial charge in [0.15, 0.2) is 5.79 Å². The normalized spacial score (nSPS) is 44.4. The molecule has 0 saturated carbocycles. The van der Waals surface area contributed by atoms with E-state index in [-0.39, 0.29) is 129 Å². The van der Waals surface area contributed by atoms with Crippen molar-refractivity contribution in [1.82, 2.24) is 0 Å². The number of rotatable bonds is 17. The molecule has 0 aromatic heterocycles. The zero-order valence-corrected chi connectivity index (χ0v) is 36.3. The van der Waals surface area contributed by atoms with Crippen LogP contribution in [0.3, 0.4) is 0 Å². The van der Waals surface area contributed by atoms with Crippen LogP contribution in [0.2, 0.25) is 0 Å². The number of aliphatic hydroxyl groups excluding tert-OH is 1. The first kappa shape index (κ1) is 44.1. The topological polar surface area (TPSA) is 130 Å². The van der Waals surface area contributed by atoms with Crippen LogP contribution in [-0.4, -0.2) is 128 Å². The summed E-state index contributed by atoms with van der Waals surface area (Å²) in [6, 6.07) is 6.11. The number of hydrogen-bond acceptors (Lipinski definition) is 12. The van der Waals surface area contributed by atoms with Crippen LogP contribution < -0.4 is 0 Å². The van der Waals surface area contributed by atoms with E-state index < -0.39 is 24.1 Å². The lowest BCUT2D eigenvalue weighted by atomic mass is 9.81. The van der Waals surface area contributed by atoms with E-state index in [0.717, 1.165) is 48.8 Å². The van der Waals surface area contributed by atoms with Gasteiger partial charge in [0.25, 0.3) is 0 Å². The average Bonchev–Trinajstić information content (AvgIpc) is 3.90. The monoisotopic (exact) mass is 854 g/mol. The minimum atomic E-state index is -0.843. The van der Waals surface area contributed by atoms with E-state index in [9.17, 15) is 14.3 Å². The second-order valence-corrected chi connectivity index (χ2v) is 19.3. The first-order chi connectivity index (χ1) is 29.4. The molecule has 12 nitrogen and oxygen atoms in total. The highest BCUT2D eigenvalue weighted by molar-refractivity contribution is 5.79. The quantitative estimate of drug-likeness (QED) is 0.173. The molecule has 0 radical (unpaired) electrons. The SMILES string of the molecule is C=C1CC(CCC23CC4OC5C(OC6CCC(CC(=O)CC7C(CC8OC(CC)CC(C)C8=C)OC(CC(O)COCc8ccc(F)cc8)C7OC)OC6C5O2)C4O3)OC1C. The van der Waals surface area contributed by atoms with Gasteiger partial charge in [0.2, 0.25) is 0 Å². The second kappa shape index (κ2) is 18.4. The van der Waals surface area contributed by atoms with Crippen LogP contribution >= 0.6 is 0 Å². The molecule has 9 aliphatic rings. The van der Waals surface area contributed by atoms with Gasteiger partial charge in [0, 0.05) is 51.6 Å². The Hall–Kier alpha value is -2.14. The highest BCUT2D eigenvalue weighted by Crippen LogP contribution is 2.54. The van der Waals surface area contributed by atoms with Gasteiger partial charge in [-0.1, -0.05) is 39.1 Å². The molecule has 9 heterocycles.